The van der Waals surface area contributed by atoms with Gasteiger partial charge >= 0.3 is 5.97 Å². The number of alkyl halides is 1. The molecule has 1 aromatic rings. The van der Waals surface area contributed by atoms with Gasteiger partial charge in [-0.3, -0.25) is 0 Å². The van der Waals surface area contributed by atoms with Gasteiger partial charge in [-0.2, -0.15) is 0 Å². The molecule has 0 heterocycles. The molecular formula is C10H10BrClO2. The summed E-state index contributed by atoms with van der Waals surface area (Å²) in [5.41, 5.74) is 1.38. The van der Waals surface area contributed by atoms with Crippen LogP contribution < -0.4 is 0 Å². The second-order valence-electron chi connectivity index (χ2n) is 2.84. The van der Waals surface area contributed by atoms with E-state index in [9.17, 15) is 4.79 Å². The van der Waals surface area contributed by atoms with E-state index < -0.39 is 0 Å². The van der Waals surface area contributed by atoms with Crippen molar-refractivity contribution in [3.05, 3.63) is 34.3 Å². The number of ether oxygens (including phenoxy) is 1. The summed E-state index contributed by atoms with van der Waals surface area (Å²) in [7, 11) is 1.35. The van der Waals surface area contributed by atoms with E-state index in [-0.39, 0.29) is 10.8 Å². The molecule has 2 nitrogen and oxygen atoms in total. The van der Waals surface area contributed by atoms with E-state index in [1.807, 2.05) is 13.0 Å². The van der Waals surface area contributed by atoms with Crippen LogP contribution >= 0.6 is 27.5 Å². The van der Waals surface area contributed by atoms with Crippen LogP contribution in [0.4, 0.5) is 0 Å². The maximum Gasteiger partial charge on any atom is 0.338 e. The van der Waals surface area contributed by atoms with Gasteiger partial charge in [-0.15, -0.1) is 0 Å². The van der Waals surface area contributed by atoms with Gasteiger partial charge in [0.15, 0.2) is 0 Å². The highest BCUT2D eigenvalue weighted by Gasteiger charge is 2.15. The zero-order valence-corrected chi connectivity index (χ0v) is 10.2. The van der Waals surface area contributed by atoms with Crippen LogP contribution in [0.25, 0.3) is 0 Å². The lowest BCUT2D eigenvalue weighted by Gasteiger charge is -2.09. The molecule has 0 saturated carbocycles. The number of halogens is 2. The predicted molar refractivity (Wildman–Crippen MR) is 60.1 cm³/mol. The lowest BCUT2D eigenvalue weighted by atomic mass is 10.1. The number of hydrogen-bond acceptors (Lipinski definition) is 2. The van der Waals surface area contributed by atoms with Crippen LogP contribution in [0.5, 0.6) is 0 Å². The monoisotopic (exact) mass is 276 g/mol. The predicted octanol–water partition coefficient (Wildman–Crippen LogP) is 3.58. The topological polar surface area (TPSA) is 26.3 Å². The molecule has 0 radical (unpaired) electrons. The molecule has 0 amide bonds. The first-order chi connectivity index (χ1) is 6.56. The maximum atomic E-state index is 11.4. The second-order valence-corrected chi connectivity index (χ2v) is 4.65. The van der Waals surface area contributed by atoms with Gasteiger partial charge in [-0.25, -0.2) is 4.79 Å². The van der Waals surface area contributed by atoms with Gasteiger partial charge < -0.3 is 4.74 Å². The Morgan fingerprint density at radius 3 is 2.71 bits per heavy atom. The standard InChI is InChI=1S/C10H10BrClO2/c1-6(11)8-4-3-7(12)5-9(8)10(13)14-2/h3-6H,1-2H3. The van der Waals surface area contributed by atoms with E-state index in [2.05, 4.69) is 20.7 Å². The molecule has 14 heavy (non-hydrogen) atoms. The van der Waals surface area contributed by atoms with Crippen molar-refractivity contribution in [2.45, 2.75) is 11.8 Å². The maximum absolute atomic E-state index is 11.4. The van der Waals surface area contributed by atoms with Crippen LogP contribution in [0.15, 0.2) is 18.2 Å². The molecular weight excluding hydrogens is 267 g/mol. The van der Waals surface area contributed by atoms with Gasteiger partial charge in [0.25, 0.3) is 0 Å². The van der Waals surface area contributed by atoms with Gasteiger partial charge in [0.2, 0.25) is 0 Å². The highest BCUT2D eigenvalue weighted by atomic mass is 79.9. The molecule has 1 unspecified atom stereocenters. The highest BCUT2D eigenvalue weighted by molar-refractivity contribution is 9.09. The smallest absolute Gasteiger partial charge is 0.338 e. The molecule has 0 spiro atoms. The van der Waals surface area contributed by atoms with Crippen molar-refractivity contribution < 1.29 is 9.53 Å². The van der Waals surface area contributed by atoms with E-state index in [0.29, 0.717) is 10.6 Å². The van der Waals surface area contributed by atoms with Gasteiger partial charge in [-0.1, -0.05) is 33.6 Å². The largest absolute Gasteiger partial charge is 0.465 e. The van der Waals surface area contributed by atoms with Crippen molar-refractivity contribution in [3.63, 3.8) is 0 Å². The van der Waals surface area contributed by atoms with E-state index in [4.69, 9.17) is 11.6 Å². The number of benzene rings is 1. The second kappa shape index (κ2) is 4.80. The SMILES string of the molecule is COC(=O)c1cc(Cl)ccc1C(C)Br. The fraction of sp³-hybridized carbons (Fsp3) is 0.300. The van der Waals surface area contributed by atoms with Gasteiger partial charge in [0.1, 0.15) is 0 Å². The summed E-state index contributed by atoms with van der Waals surface area (Å²) in [6.45, 7) is 1.94. The minimum atomic E-state index is -0.367. The molecule has 1 aromatic carbocycles. The molecule has 0 N–H and O–H groups in total. The Labute approximate surface area is 96.3 Å². The molecule has 1 rings (SSSR count). The average molecular weight is 278 g/mol. The Hall–Kier alpha value is -0.540. The van der Waals surface area contributed by atoms with Gasteiger partial charge in [0, 0.05) is 9.85 Å². The molecule has 76 valence electrons. The molecule has 0 aliphatic heterocycles. The van der Waals surface area contributed by atoms with Crippen molar-refractivity contribution in [1.82, 2.24) is 0 Å². The summed E-state index contributed by atoms with van der Waals surface area (Å²) >= 11 is 9.20. The van der Waals surface area contributed by atoms with Crippen molar-refractivity contribution in [2.75, 3.05) is 7.11 Å². The minimum Gasteiger partial charge on any atom is -0.465 e. The fourth-order valence-electron chi connectivity index (χ4n) is 1.16. The first kappa shape index (κ1) is 11.5. The summed E-state index contributed by atoms with van der Waals surface area (Å²) in [4.78, 5) is 11.5. The fourth-order valence-corrected chi connectivity index (χ4v) is 1.73. The lowest BCUT2D eigenvalue weighted by Crippen LogP contribution is -2.05. The quantitative estimate of drug-likeness (QED) is 0.610. The molecule has 0 aliphatic rings. The van der Waals surface area contributed by atoms with Crippen LogP contribution in [-0.4, -0.2) is 13.1 Å². The van der Waals surface area contributed by atoms with Crippen molar-refractivity contribution in [1.29, 1.82) is 0 Å². The third kappa shape index (κ3) is 2.49. The molecule has 0 saturated heterocycles. The van der Waals surface area contributed by atoms with E-state index in [1.54, 1.807) is 12.1 Å². The van der Waals surface area contributed by atoms with Crippen LogP contribution in [0.1, 0.15) is 27.7 Å². The van der Waals surface area contributed by atoms with Crippen LogP contribution in [-0.2, 0) is 4.74 Å². The third-order valence-electron chi connectivity index (χ3n) is 1.85. The summed E-state index contributed by atoms with van der Waals surface area (Å²) in [6, 6.07) is 5.18. The van der Waals surface area contributed by atoms with E-state index >= 15 is 0 Å². The van der Waals surface area contributed by atoms with E-state index in [1.165, 1.54) is 7.11 Å². The summed E-state index contributed by atoms with van der Waals surface area (Å²) < 4.78 is 4.66. The first-order valence-electron chi connectivity index (χ1n) is 4.08. The Balaban J connectivity index is 3.22. The van der Waals surface area contributed by atoms with Gasteiger partial charge in [0.05, 0.1) is 12.7 Å². The number of carbonyl (C=O) groups excluding carboxylic acids is 1. The Morgan fingerprint density at radius 2 is 2.21 bits per heavy atom. The summed E-state index contributed by atoms with van der Waals surface area (Å²) in [6.07, 6.45) is 0. The van der Waals surface area contributed by atoms with Crippen molar-refractivity contribution in [3.8, 4) is 0 Å². The average Bonchev–Trinajstić information content (AvgIpc) is 2.16. The normalized spacial score (nSPS) is 12.3. The first-order valence-corrected chi connectivity index (χ1v) is 5.37. The minimum absolute atomic E-state index is 0.0915. The van der Waals surface area contributed by atoms with Crippen molar-refractivity contribution in [2.24, 2.45) is 0 Å². The molecule has 0 aliphatic carbocycles. The molecule has 4 heteroatoms. The number of carbonyl (C=O) groups is 1. The Kier molecular flexibility index (Phi) is 3.96. The molecule has 0 bridgehead atoms. The van der Waals surface area contributed by atoms with E-state index in [0.717, 1.165) is 5.56 Å². The molecule has 0 aromatic heterocycles. The lowest BCUT2D eigenvalue weighted by molar-refractivity contribution is 0.0599. The Bertz CT molecular complexity index is 350. The molecule has 1 atom stereocenters. The number of esters is 1. The van der Waals surface area contributed by atoms with Crippen LogP contribution in [0.2, 0.25) is 5.02 Å². The summed E-state index contributed by atoms with van der Waals surface area (Å²) in [5, 5.41) is 0.530. The zero-order valence-electron chi connectivity index (χ0n) is 7.88. The van der Waals surface area contributed by atoms with Crippen LogP contribution in [0.3, 0.4) is 0 Å². The van der Waals surface area contributed by atoms with Crippen molar-refractivity contribution >= 4 is 33.5 Å². The third-order valence-corrected chi connectivity index (χ3v) is 2.58. The number of methoxy groups -OCH3 is 1. The number of hydrogen-bond donors (Lipinski definition) is 0. The Morgan fingerprint density at radius 1 is 1.57 bits per heavy atom. The highest BCUT2D eigenvalue weighted by Crippen LogP contribution is 2.27. The summed E-state index contributed by atoms with van der Waals surface area (Å²) in [5.74, 6) is -0.367. The van der Waals surface area contributed by atoms with Crippen LogP contribution in [0, 0.1) is 0 Å². The number of rotatable bonds is 2. The molecule has 0 fully saturated rings. The zero-order chi connectivity index (χ0) is 10.7. The van der Waals surface area contributed by atoms with Gasteiger partial charge in [-0.05, 0) is 24.6 Å².